The lowest BCUT2D eigenvalue weighted by molar-refractivity contribution is -0.114. The fraction of sp³-hybridized carbons (Fsp3) is 0.478. The summed E-state index contributed by atoms with van der Waals surface area (Å²) >= 11 is 1.10. The van der Waals surface area contributed by atoms with E-state index in [1.165, 1.54) is 18.0 Å². The van der Waals surface area contributed by atoms with Gasteiger partial charge in [0.05, 0.1) is 16.5 Å². The summed E-state index contributed by atoms with van der Waals surface area (Å²) in [7, 11) is 0. The second-order valence-electron chi connectivity index (χ2n) is 8.78. The Balaban J connectivity index is 1.79. The van der Waals surface area contributed by atoms with Gasteiger partial charge in [-0.05, 0) is 59.1 Å². The first-order chi connectivity index (χ1) is 15.5. The number of hydrogen-bond donors (Lipinski definition) is 1. The highest BCUT2D eigenvalue weighted by Gasteiger charge is 2.34. The molecule has 176 valence electrons. The Labute approximate surface area is 196 Å². The van der Waals surface area contributed by atoms with Crippen molar-refractivity contribution in [2.75, 3.05) is 16.8 Å². The number of ether oxygens (including phenoxy) is 1. The zero-order chi connectivity index (χ0) is 24.3. The minimum absolute atomic E-state index is 0.266. The van der Waals surface area contributed by atoms with Crippen molar-refractivity contribution in [2.45, 2.75) is 59.5 Å². The molecule has 1 aliphatic rings. The average molecular weight is 473 g/mol. The van der Waals surface area contributed by atoms with Gasteiger partial charge in [0.2, 0.25) is 5.91 Å². The number of nitrogens with zero attached hydrogens (tertiary/aromatic N) is 3. The van der Waals surface area contributed by atoms with E-state index >= 15 is 0 Å². The van der Waals surface area contributed by atoms with Gasteiger partial charge in [-0.15, -0.1) is 0 Å². The van der Waals surface area contributed by atoms with Gasteiger partial charge >= 0.3 is 6.09 Å². The fourth-order valence-corrected chi connectivity index (χ4v) is 4.58. The summed E-state index contributed by atoms with van der Waals surface area (Å²) in [4.78, 5) is 60.5. The molecule has 1 atom stereocenters. The molecule has 0 saturated carbocycles. The number of aromatic nitrogens is 2. The number of anilines is 2. The smallest absolute Gasteiger partial charge is 0.415 e. The lowest BCUT2D eigenvalue weighted by Gasteiger charge is -2.26. The number of nitrogens with one attached hydrogen (secondary N) is 1. The molecular formula is C23H28N4O5S. The first-order valence-electron chi connectivity index (χ1n) is 10.8. The number of Topliss-reactive ketones (excluding diaryl/α,β-unsaturated/α-hetero) is 2. The van der Waals surface area contributed by atoms with E-state index in [1.54, 1.807) is 39.8 Å². The van der Waals surface area contributed by atoms with Gasteiger partial charge in [0.1, 0.15) is 11.4 Å². The van der Waals surface area contributed by atoms with Crippen molar-refractivity contribution in [3.63, 3.8) is 0 Å². The van der Waals surface area contributed by atoms with Crippen molar-refractivity contribution in [1.29, 1.82) is 0 Å². The first-order valence-corrected chi connectivity index (χ1v) is 11.6. The summed E-state index contributed by atoms with van der Waals surface area (Å²) in [6.45, 7) is 8.87. The van der Waals surface area contributed by atoms with Crippen molar-refractivity contribution in [2.24, 2.45) is 5.92 Å². The fourth-order valence-electron chi connectivity index (χ4n) is 3.53. The zero-order valence-electron chi connectivity index (χ0n) is 19.4. The summed E-state index contributed by atoms with van der Waals surface area (Å²) in [5, 5.41) is 2.97. The third kappa shape index (κ3) is 5.81. The number of amides is 2. The van der Waals surface area contributed by atoms with Gasteiger partial charge in [-0.2, -0.15) is 0 Å². The van der Waals surface area contributed by atoms with Crippen LogP contribution in [0.5, 0.6) is 0 Å². The number of thiazole rings is 1. The number of pyridine rings is 1. The largest absolute Gasteiger partial charge is 0.443 e. The lowest BCUT2D eigenvalue weighted by Crippen LogP contribution is -2.37. The molecule has 0 spiro atoms. The SMILES string of the molecule is CCN(C(=O)OC(C)(C)C)c1ccc(C(=O)C2CCCc3nc(NC(C)=O)sc3C2=O)cn1. The molecule has 3 rings (SSSR count). The molecule has 2 heterocycles. The van der Waals surface area contributed by atoms with Crippen molar-refractivity contribution in [1.82, 2.24) is 9.97 Å². The molecule has 1 unspecified atom stereocenters. The normalized spacial score (nSPS) is 15.9. The number of hydrogen-bond acceptors (Lipinski definition) is 8. The van der Waals surface area contributed by atoms with Gasteiger partial charge in [-0.1, -0.05) is 11.3 Å². The van der Waals surface area contributed by atoms with Gasteiger partial charge in [0.25, 0.3) is 0 Å². The quantitative estimate of drug-likeness (QED) is 0.392. The highest BCUT2D eigenvalue weighted by molar-refractivity contribution is 7.17. The summed E-state index contributed by atoms with van der Waals surface area (Å²) in [5.74, 6) is -1.34. The minimum atomic E-state index is -0.835. The Morgan fingerprint density at radius 3 is 2.58 bits per heavy atom. The van der Waals surface area contributed by atoms with Crippen molar-refractivity contribution < 1.29 is 23.9 Å². The second-order valence-corrected chi connectivity index (χ2v) is 9.78. The molecule has 33 heavy (non-hydrogen) atoms. The molecule has 0 radical (unpaired) electrons. The summed E-state index contributed by atoms with van der Waals surface area (Å²) in [5.41, 5.74) is 0.274. The lowest BCUT2D eigenvalue weighted by atomic mass is 9.91. The molecule has 0 aromatic carbocycles. The topological polar surface area (TPSA) is 119 Å². The predicted molar refractivity (Wildman–Crippen MR) is 125 cm³/mol. The van der Waals surface area contributed by atoms with E-state index in [1.807, 2.05) is 0 Å². The van der Waals surface area contributed by atoms with Crippen LogP contribution in [0.2, 0.25) is 0 Å². The molecule has 0 bridgehead atoms. The van der Waals surface area contributed by atoms with Crippen LogP contribution >= 0.6 is 11.3 Å². The third-order valence-electron chi connectivity index (χ3n) is 4.98. The number of aryl methyl sites for hydroxylation is 1. The minimum Gasteiger partial charge on any atom is -0.443 e. The molecule has 2 amide bonds. The standard InChI is InChI=1S/C23H28N4O5S/c1-6-27(22(31)32-23(3,4)5)17-11-10-14(12-24-17)18(29)15-8-7-9-16-20(19(15)30)33-21(26-16)25-13(2)28/h10-12,15H,6-9H2,1-5H3,(H,25,26,28). The Kier molecular flexibility index (Phi) is 7.26. The molecule has 0 fully saturated rings. The van der Waals surface area contributed by atoms with Crippen LogP contribution in [0.3, 0.4) is 0 Å². The van der Waals surface area contributed by atoms with Crippen LogP contribution in [-0.4, -0.2) is 45.7 Å². The monoisotopic (exact) mass is 472 g/mol. The average Bonchev–Trinajstić information content (AvgIpc) is 3.05. The second kappa shape index (κ2) is 9.78. The summed E-state index contributed by atoms with van der Waals surface area (Å²) < 4.78 is 5.41. The van der Waals surface area contributed by atoms with Crippen LogP contribution in [-0.2, 0) is 16.0 Å². The molecule has 2 aromatic heterocycles. The van der Waals surface area contributed by atoms with Gasteiger partial charge in [0, 0.05) is 25.2 Å². The Morgan fingerprint density at radius 2 is 2.00 bits per heavy atom. The van der Waals surface area contributed by atoms with E-state index in [-0.39, 0.29) is 17.5 Å². The van der Waals surface area contributed by atoms with Crippen LogP contribution < -0.4 is 10.2 Å². The maximum absolute atomic E-state index is 13.2. The van der Waals surface area contributed by atoms with Gasteiger partial charge < -0.3 is 10.1 Å². The van der Waals surface area contributed by atoms with Crippen molar-refractivity contribution in [3.8, 4) is 0 Å². The van der Waals surface area contributed by atoms with Crippen LogP contribution in [0.25, 0.3) is 0 Å². The van der Waals surface area contributed by atoms with E-state index in [2.05, 4.69) is 15.3 Å². The van der Waals surface area contributed by atoms with E-state index in [0.29, 0.717) is 52.9 Å². The highest BCUT2D eigenvalue weighted by atomic mass is 32.1. The number of ketones is 2. The molecule has 9 nitrogen and oxygen atoms in total. The van der Waals surface area contributed by atoms with E-state index in [4.69, 9.17) is 4.74 Å². The molecule has 2 aromatic rings. The van der Waals surface area contributed by atoms with E-state index in [0.717, 1.165) is 11.3 Å². The maximum Gasteiger partial charge on any atom is 0.415 e. The Bertz CT molecular complexity index is 1070. The number of carbonyl (C=O) groups excluding carboxylic acids is 4. The molecule has 0 saturated heterocycles. The summed E-state index contributed by atoms with van der Waals surface area (Å²) in [6.07, 6.45) is 2.48. The summed E-state index contributed by atoms with van der Waals surface area (Å²) in [6, 6.07) is 3.15. The van der Waals surface area contributed by atoms with Crippen LogP contribution in [0.1, 0.15) is 73.2 Å². The van der Waals surface area contributed by atoms with E-state index < -0.39 is 17.6 Å². The highest BCUT2D eigenvalue weighted by Crippen LogP contribution is 2.33. The van der Waals surface area contributed by atoms with Gasteiger partial charge in [-0.25, -0.2) is 14.8 Å². The number of carbonyl (C=O) groups is 4. The molecule has 10 heteroatoms. The van der Waals surface area contributed by atoms with Crippen LogP contribution in [0, 0.1) is 5.92 Å². The third-order valence-corrected chi connectivity index (χ3v) is 6.01. The molecule has 0 aliphatic heterocycles. The molecular weight excluding hydrogens is 444 g/mol. The number of rotatable bonds is 5. The first kappa shape index (κ1) is 24.5. The van der Waals surface area contributed by atoms with Crippen molar-refractivity contribution >= 4 is 45.9 Å². The zero-order valence-corrected chi connectivity index (χ0v) is 20.2. The molecule has 1 N–H and O–H groups in total. The Morgan fingerprint density at radius 1 is 1.27 bits per heavy atom. The number of fused-ring (bicyclic) bond motifs is 1. The van der Waals surface area contributed by atoms with Crippen LogP contribution in [0.4, 0.5) is 15.7 Å². The van der Waals surface area contributed by atoms with Crippen molar-refractivity contribution in [3.05, 3.63) is 34.5 Å². The van der Waals surface area contributed by atoms with Gasteiger partial charge in [-0.3, -0.25) is 19.3 Å². The molecule has 1 aliphatic carbocycles. The van der Waals surface area contributed by atoms with Crippen LogP contribution in [0.15, 0.2) is 18.3 Å². The maximum atomic E-state index is 13.2. The Hall–Kier alpha value is -3.14. The van der Waals surface area contributed by atoms with E-state index in [9.17, 15) is 19.2 Å². The predicted octanol–water partition coefficient (Wildman–Crippen LogP) is 4.28. The van der Waals surface area contributed by atoms with Gasteiger partial charge in [0.15, 0.2) is 16.7 Å².